The molecule has 0 fully saturated rings. The number of halogens is 2. The minimum absolute atomic E-state index is 0.130. The summed E-state index contributed by atoms with van der Waals surface area (Å²) >= 11 is 5.82. The Labute approximate surface area is 151 Å². The zero-order valence-corrected chi connectivity index (χ0v) is 14.2. The van der Waals surface area contributed by atoms with Crippen molar-refractivity contribution in [3.63, 3.8) is 0 Å². The maximum Gasteiger partial charge on any atom is 0.446 e. The van der Waals surface area contributed by atoms with Gasteiger partial charge in [-0.25, -0.2) is 19.2 Å². The van der Waals surface area contributed by atoms with Crippen LogP contribution >= 0.6 is 11.6 Å². The van der Waals surface area contributed by atoms with Crippen LogP contribution in [0.1, 0.15) is 12.2 Å². The van der Waals surface area contributed by atoms with Gasteiger partial charge in [0.05, 0.1) is 22.9 Å². The van der Waals surface area contributed by atoms with Crippen molar-refractivity contribution in [2.45, 2.75) is 6.42 Å². The van der Waals surface area contributed by atoms with Crippen LogP contribution in [0.3, 0.4) is 0 Å². The lowest BCUT2D eigenvalue weighted by Gasteiger charge is -2.10. The van der Waals surface area contributed by atoms with Gasteiger partial charge in [-0.2, -0.15) is 0 Å². The first-order valence-electron chi connectivity index (χ1n) is 7.64. The number of rotatable bonds is 5. The van der Waals surface area contributed by atoms with Crippen LogP contribution in [0.25, 0.3) is 11.3 Å². The van der Waals surface area contributed by atoms with E-state index in [2.05, 4.69) is 15.8 Å². The summed E-state index contributed by atoms with van der Waals surface area (Å²) in [6, 6.07) is 3.82. The van der Waals surface area contributed by atoms with Crippen LogP contribution in [0, 0.1) is 5.82 Å². The lowest BCUT2D eigenvalue weighted by molar-refractivity contribution is 0.0842. The summed E-state index contributed by atoms with van der Waals surface area (Å²) in [6.45, 7) is 0.834. The van der Waals surface area contributed by atoms with Crippen LogP contribution in [0.15, 0.2) is 38.7 Å². The molecule has 0 bridgehead atoms. The summed E-state index contributed by atoms with van der Waals surface area (Å²) in [5, 5.41) is 7.58. The van der Waals surface area contributed by atoms with Gasteiger partial charge in [0.25, 0.3) is 0 Å². The van der Waals surface area contributed by atoms with Crippen molar-refractivity contribution in [3.05, 3.63) is 51.5 Å². The maximum atomic E-state index is 13.4. The van der Waals surface area contributed by atoms with Gasteiger partial charge in [0.15, 0.2) is 11.7 Å². The Morgan fingerprint density at radius 3 is 3.12 bits per heavy atom. The van der Waals surface area contributed by atoms with Gasteiger partial charge >= 0.3 is 5.76 Å². The number of oxime groups is 1. The molecule has 1 aliphatic heterocycles. The highest BCUT2D eigenvalue weighted by atomic mass is 35.5. The first kappa shape index (κ1) is 18.1. The molecule has 1 aromatic carbocycles. The number of nitrogens with two attached hydrogens (primary N) is 1. The molecule has 0 aliphatic carbocycles. The second-order valence-corrected chi connectivity index (χ2v) is 5.53. The first-order chi connectivity index (χ1) is 12.6. The molecule has 26 heavy (non-hydrogen) atoms. The fourth-order valence-corrected chi connectivity index (χ4v) is 2.41. The quantitative estimate of drug-likeness (QED) is 0.588. The molecule has 138 valence electrons. The molecular weight excluding hydrogens is 369 g/mol. The van der Waals surface area contributed by atoms with E-state index < -0.39 is 11.6 Å². The predicted molar refractivity (Wildman–Crippen MR) is 91.2 cm³/mol. The molecule has 9 nitrogen and oxygen atoms in total. The number of nitrogens with one attached hydrogen (secondary N) is 1. The van der Waals surface area contributed by atoms with E-state index in [1.54, 1.807) is 6.08 Å². The molecule has 3 rings (SSSR count). The van der Waals surface area contributed by atoms with Crippen LogP contribution < -0.4 is 17.0 Å². The number of amidine groups is 1. The van der Waals surface area contributed by atoms with Gasteiger partial charge in [0, 0.05) is 6.54 Å². The normalized spacial score (nSPS) is 16.1. The van der Waals surface area contributed by atoms with Crippen molar-refractivity contribution in [1.82, 2.24) is 15.2 Å². The molecule has 2 aromatic rings. The van der Waals surface area contributed by atoms with Crippen molar-refractivity contribution in [1.29, 1.82) is 0 Å². The van der Waals surface area contributed by atoms with E-state index >= 15 is 0 Å². The number of hydrogen-bond acceptors (Lipinski definition) is 7. The van der Waals surface area contributed by atoms with E-state index in [0.717, 1.165) is 10.6 Å². The zero-order valence-electron chi connectivity index (χ0n) is 13.4. The lowest BCUT2D eigenvalue weighted by Crippen LogP contribution is -2.26. The van der Waals surface area contributed by atoms with Crippen LogP contribution in [0.2, 0.25) is 5.02 Å². The Bertz CT molecular complexity index is 908. The van der Waals surface area contributed by atoms with Gasteiger partial charge in [0.2, 0.25) is 0 Å². The van der Waals surface area contributed by atoms with Crippen LogP contribution in [0.5, 0.6) is 0 Å². The molecule has 0 saturated carbocycles. The Kier molecular flexibility index (Phi) is 5.66. The third kappa shape index (κ3) is 3.77. The zero-order chi connectivity index (χ0) is 18.5. The molecule has 2 heterocycles. The van der Waals surface area contributed by atoms with Crippen molar-refractivity contribution in [3.8, 4) is 5.69 Å². The highest BCUT2D eigenvalue weighted by molar-refractivity contribution is 6.30. The minimum atomic E-state index is -0.768. The summed E-state index contributed by atoms with van der Waals surface area (Å²) in [4.78, 5) is 22.5. The van der Waals surface area contributed by atoms with Crippen LogP contribution in [-0.2, 0) is 9.68 Å². The van der Waals surface area contributed by atoms with Gasteiger partial charge < -0.3 is 10.6 Å². The van der Waals surface area contributed by atoms with Gasteiger partial charge in [-0.05, 0) is 24.6 Å². The largest absolute Gasteiger partial charge is 0.446 e. The standard InChI is InChI=1S/C15H15ClFN5O4/c16-11-8-9(3-4-12(11)17)22-14(21-26-15(22)23)10-2-1-6-24-19-13(10)20-25-7-5-18/h2-4,8H,1,5-7,18H2,(H,19,20). The average Bonchev–Trinajstić information content (AvgIpc) is 2.86. The molecule has 0 saturated heterocycles. The van der Waals surface area contributed by atoms with Crippen molar-refractivity contribution < 1.29 is 18.6 Å². The summed E-state index contributed by atoms with van der Waals surface area (Å²) < 4.78 is 19.4. The van der Waals surface area contributed by atoms with E-state index in [-0.39, 0.29) is 35.5 Å². The van der Waals surface area contributed by atoms with E-state index in [1.807, 2.05) is 0 Å². The SMILES string of the molecule is NCCON=C1NOCCC=C1c1noc(=O)n1-c1ccc(F)c(Cl)c1. The van der Waals surface area contributed by atoms with E-state index in [1.165, 1.54) is 12.1 Å². The lowest BCUT2D eigenvalue weighted by atomic mass is 10.2. The third-order valence-corrected chi connectivity index (χ3v) is 3.65. The molecule has 0 radical (unpaired) electrons. The molecule has 0 atom stereocenters. The average molecular weight is 384 g/mol. The smallest absolute Gasteiger partial charge is 0.393 e. The Morgan fingerprint density at radius 2 is 2.35 bits per heavy atom. The number of hydroxylamine groups is 1. The first-order valence-corrected chi connectivity index (χ1v) is 8.02. The van der Waals surface area contributed by atoms with Crippen LogP contribution in [-0.4, -0.2) is 35.3 Å². The Hall–Kier alpha value is -2.69. The summed E-state index contributed by atoms with van der Waals surface area (Å²) in [5.41, 5.74) is 8.70. The van der Waals surface area contributed by atoms with Crippen LogP contribution in [0.4, 0.5) is 4.39 Å². The van der Waals surface area contributed by atoms with Crippen molar-refractivity contribution in [2.24, 2.45) is 10.9 Å². The topological polar surface area (TPSA) is 117 Å². The summed E-state index contributed by atoms with van der Waals surface area (Å²) in [5.74, 6) is -1.06. The molecule has 3 N–H and O–H groups in total. The number of benzene rings is 1. The van der Waals surface area contributed by atoms with E-state index in [9.17, 15) is 9.18 Å². The fraction of sp³-hybridized carbons (Fsp3) is 0.267. The number of nitrogens with zero attached hydrogens (tertiary/aromatic N) is 3. The second-order valence-electron chi connectivity index (χ2n) is 5.12. The Morgan fingerprint density at radius 1 is 1.50 bits per heavy atom. The maximum absolute atomic E-state index is 13.4. The van der Waals surface area contributed by atoms with E-state index in [0.29, 0.717) is 18.6 Å². The molecule has 0 amide bonds. The van der Waals surface area contributed by atoms with Gasteiger partial charge in [0.1, 0.15) is 12.4 Å². The minimum Gasteiger partial charge on any atom is -0.393 e. The Balaban J connectivity index is 2.07. The molecule has 1 aliphatic rings. The number of hydrogen-bond donors (Lipinski definition) is 2. The second kappa shape index (κ2) is 8.13. The van der Waals surface area contributed by atoms with E-state index in [4.69, 9.17) is 31.5 Å². The molecular formula is C15H15ClFN5O4. The summed E-state index contributed by atoms with van der Waals surface area (Å²) in [7, 11) is 0. The molecule has 11 heteroatoms. The monoisotopic (exact) mass is 383 g/mol. The van der Waals surface area contributed by atoms with Gasteiger partial charge in [-0.1, -0.05) is 28.0 Å². The van der Waals surface area contributed by atoms with Gasteiger partial charge in [-0.3, -0.25) is 9.36 Å². The molecule has 0 unspecified atom stereocenters. The number of aromatic nitrogens is 2. The van der Waals surface area contributed by atoms with Crippen molar-refractivity contribution >= 4 is 23.0 Å². The highest BCUT2D eigenvalue weighted by Gasteiger charge is 2.23. The predicted octanol–water partition coefficient (Wildman–Crippen LogP) is 1.22. The molecule has 0 spiro atoms. The van der Waals surface area contributed by atoms with Gasteiger partial charge in [-0.15, -0.1) is 0 Å². The van der Waals surface area contributed by atoms with Crippen molar-refractivity contribution in [2.75, 3.05) is 19.8 Å². The fourth-order valence-electron chi connectivity index (χ4n) is 2.23. The highest BCUT2D eigenvalue weighted by Crippen LogP contribution is 2.22. The summed E-state index contributed by atoms with van der Waals surface area (Å²) in [6.07, 6.45) is 2.27. The molecule has 1 aromatic heterocycles. The third-order valence-electron chi connectivity index (χ3n) is 3.36.